The van der Waals surface area contributed by atoms with Crippen molar-refractivity contribution < 1.29 is 18.4 Å². The monoisotopic (exact) mass is 312 g/mol. The Bertz CT molecular complexity index is 561. The molecule has 0 radical (unpaired) electrons. The number of hydrogen-bond acceptors (Lipinski definition) is 3. The van der Waals surface area contributed by atoms with E-state index in [-0.39, 0.29) is 36.8 Å². The number of nitrogens with two attached hydrogens (primary N) is 1. The van der Waals surface area contributed by atoms with Crippen molar-refractivity contribution in [3.63, 3.8) is 0 Å². The molecule has 0 heterocycles. The number of halogens is 2. The number of rotatable bonds is 7. The van der Waals surface area contributed by atoms with E-state index in [9.17, 15) is 18.4 Å². The van der Waals surface area contributed by atoms with Crippen molar-refractivity contribution in [3.8, 4) is 0 Å². The average molecular weight is 312 g/mol. The molecule has 0 aliphatic heterocycles. The lowest BCUT2D eigenvalue weighted by atomic mass is 9.88. The molecular weight excluding hydrogens is 290 g/mol. The Labute approximate surface area is 129 Å². The third-order valence-electron chi connectivity index (χ3n) is 3.93. The molecule has 0 aromatic heterocycles. The fraction of sp³-hybridized carbons (Fsp3) is 0.500. The van der Waals surface area contributed by atoms with Gasteiger partial charge in [0.1, 0.15) is 11.6 Å². The van der Waals surface area contributed by atoms with Gasteiger partial charge in [0.15, 0.2) is 5.78 Å². The standard InChI is InChI=1S/C16H22F2N2O2/c1-10(2)16(3,9-19)20-15(22)7-6-14(21)12-5-4-11(17)8-13(12)18/h4-5,8,10H,6-7,9,19H2,1-3H3,(H,20,22). The van der Waals surface area contributed by atoms with Crippen LogP contribution in [0.15, 0.2) is 18.2 Å². The maximum absolute atomic E-state index is 13.5. The van der Waals surface area contributed by atoms with Gasteiger partial charge in [-0.15, -0.1) is 0 Å². The SMILES string of the molecule is CC(C)C(C)(CN)NC(=O)CCC(=O)c1ccc(F)cc1F. The van der Waals surface area contributed by atoms with Gasteiger partial charge in [-0.25, -0.2) is 8.78 Å². The van der Waals surface area contributed by atoms with Crippen molar-refractivity contribution in [2.24, 2.45) is 11.7 Å². The van der Waals surface area contributed by atoms with Crippen molar-refractivity contribution in [2.75, 3.05) is 6.54 Å². The van der Waals surface area contributed by atoms with Gasteiger partial charge in [-0.05, 0) is 25.0 Å². The maximum atomic E-state index is 13.5. The molecule has 0 saturated heterocycles. The van der Waals surface area contributed by atoms with Crippen LogP contribution < -0.4 is 11.1 Å². The summed E-state index contributed by atoms with van der Waals surface area (Å²) in [5.41, 5.74) is 4.91. The highest BCUT2D eigenvalue weighted by atomic mass is 19.1. The van der Waals surface area contributed by atoms with Crippen molar-refractivity contribution in [3.05, 3.63) is 35.4 Å². The summed E-state index contributed by atoms with van der Waals surface area (Å²) in [7, 11) is 0. The predicted molar refractivity (Wildman–Crippen MR) is 80.4 cm³/mol. The molecule has 1 atom stereocenters. The Balaban J connectivity index is 2.62. The third-order valence-corrected chi connectivity index (χ3v) is 3.93. The lowest BCUT2D eigenvalue weighted by Crippen LogP contribution is -2.55. The summed E-state index contributed by atoms with van der Waals surface area (Å²) in [6.07, 6.45) is -0.217. The summed E-state index contributed by atoms with van der Waals surface area (Å²) in [6.45, 7) is 5.98. The van der Waals surface area contributed by atoms with Crippen LogP contribution in [0, 0.1) is 17.6 Å². The molecule has 0 saturated carbocycles. The molecule has 1 rings (SSSR count). The van der Waals surface area contributed by atoms with Crippen molar-refractivity contribution in [2.45, 2.75) is 39.2 Å². The fourth-order valence-electron chi connectivity index (χ4n) is 1.89. The highest BCUT2D eigenvalue weighted by molar-refractivity contribution is 5.98. The van der Waals surface area contributed by atoms with Crippen LogP contribution >= 0.6 is 0 Å². The van der Waals surface area contributed by atoms with Crippen LogP contribution in [0.2, 0.25) is 0 Å². The molecule has 0 bridgehead atoms. The first-order valence-corrected chi connectivity index (χ1v) is 7.19. The normalized spacial score (nSPS) is 13.8. The first-order valence-electron chi connectivity index (χ1n) is 7.19. The molecule has 1 aromatic carbocycles. The lowest BCUT2D eigenvalue weighted by Gasteiger charge is -2.33. The molecule has 0 spiro atoms. The zero-order valence-electron chi connectivity index (χ0n) is 13.1. The number of amides is 1. The van der Waals surface area contributed by atoms with Crippen LogP contribution in [-0.4, -0.2) is 23.8 Å². The van der Waals surface area contributed by atoms with Crippen LogP contribution in [0.25, 0.3) is 0 Å². The lowest BCUT2D eigenvalue weighted by molar-refractivity contribution is -0.123. The molecule has 3 N–H and O–H groups in total. The van der Waals surface area contributed by atoms with Crippen LogP contribution in [0.3, 0.4) is 0 Å². The van der Waals surface area contributed by atoms with E-state index in [1.807, 2.05) is 20.8 Å². The van der Waals surface area contributed by atoms with Gasteiger partial charge >= 0.3 is 0 Å². The molecule has 22 heavy (non-hydrogen) atoms. The Morgan fingerprint density at radius 3 is 2.41 bits per heavy atom. The van der Waals surface area contributed by atoms with E-state index in [1.165, 1.54) is 0 Å². The summed E-state index contributed by atoms with van der Waals surface area (Å²) in [4.78, 5) is 23.8. The topological polar surface area (TPSA) is 72.2 Å². The average Bonchev–Trinajstić information content (AvgIpc) is 2.44. The van der Waals surface area contributed by atoms with Gasteiger partial charge in [0, 0.05) is 25.5 Å². The summed E-state index contributed by atoms with van der Waals surface area (Å²) >= 11 is 0. The van der Waals surface area contributed by atoms with Crippen LogP contribution in [0.4, 0.5) is 8.78 Å². The molecular formula is C16H22F2N2O2. The highest BCUT2D eigenvalue weighted by Crippen LogP contribution is 2.16. The highest BCUT2D eigenvalue weighted by Gasteiger charge is 2.28. The number of ketones is 1. The second-order valence-electron chi connectivity index (χ2n) is 5.87. The van der Waals surface area contributed by atoms with Gasteiger partial charge in [-0.2, -0.15) is 0 Å². The van der Waals surface area contributed by atoms with E-state index in [0.29, 0.717) is 6.07 Å². The molecule has 122 valence electrons. The van der Waals surface area contributed by atoms with Crippen LogP contribution in [-0.2, 0) is 4.79 Å². The summed E-state index contributed by atoms with van der Waals surface area (Å²) in [5.74, 6) is -2.39. The maximum Gasteiger partial charge on any atom is 0.220 e. The van der Waals surface area contributed by atoms with Crippen molar-refractivity contribution >= 4 is 11.7 Å². The van der Waals surface area contributed by atoms with Gasteiger partial charge in [0.2, 0.25) is 5.91 Å². The molecule has 4 nitrogen and oxygen atoms in total. The summed E-state index contributed by atoms with van der Waals surface area (Å²) in [6, 6.07) is 2.75. The van der Waals surface area contributed by atoms with E-state index in [2.05, 4.69) is 5.32 Å². The minimum Gasteiger partial charge on any atom is -0.349 e. The first-order chi connectivity index (χ1) is 10.2. The van der Waals surface area contributed by atoms with E-state index < -0.39 is 23.0 Å². The molecule has 1 amide bonds. The second kappa shape index (κ2) is 7.45. The number of carbonyl (C=O) groups is 2. The Morgan fingerprint density at radius 2 is 1.91 bits per heavy atom. The number of hydrogen-bond donors (Lipinski definition) is 2. The number of Topliss-reactive ketones (excluding diaryl/α,β-unsaturated/α-hetero) is 1. The van der Waals surface area contributed by atoms with E-state index in [0.717, 1.165) is 12.1 Å². The van der Waals surface area contributed by atoms with Crippen molar-refractivity contribution in [1.82, 2.24) is 5.32 Å². The molecule has 0 aliphatic rings. The smallest absolute Gasteiger partial charge is 0.220 e. The molecule has 0 fully saturated rings. The zero-order chi connectivity index (χ0) is 16.9. The summed E-state index contributed by atoms with van der Waals surface area (Å²) in [5, 5.41) is 2.80. The van der Waals surface area contributed by atoms with Crippen molar-refractivity contribution in [1.29, 1.82) is 0 Å². The zero-order valence-corrected chi connectivity index (χ0v) is 13.1. The van der Waals surface area contributed by atoms with Crippen LogP contribution in [0.5, 0.6) is 0 Å². The van der Waals surface area contributed by atoms with Gasteiger partial charge in [0.25, 0.3) is 0 Å². The molecule has 0 aliphatic carbocycles. The number of carbonyl (C=O) groups excluding carboxylic acids is 2. The van der Waals surface area contributed by atoms with Gasteiger partial charge in [-0.1, -0.05) is 13.8 Å². The fourth-order valence-corrected chi connectivity index (χ4v) is 1.89. The van der Waals surface area contributed by atoms with E-state index in [1.54, 1.807) is 0 Å². The largest absolute Gasteiger partial charge is 0.349 e. The molecule has 1 unspecified atom stereocenters. The van der Waals surface area contributed by atoms with E-state index in [4.69, 9.17) is 5.73 Å². The Kier molecular flexibility index (Phi) is 6.17. The molecule has 6 heteroatoms. The predicted octanol–water partition coefficient (Wildman–Crippen LogP) is 2.42. The second-order valence-corrected chi connectivity index (χ2v) is 5.87. The first kappa shape index (κ1) is 18.2. The quantitative estimate of drug-likeness (QED) is 0.760. The Morgan fingerprint density at radius 1 is 1.27 bits per heavy atom. The third kappa shape index (κ3) is 4.59. The van der Waals surface area contributed by atoms with E-state index >= 15 is 0 Å². The number of benzene rings is 1. The minimum absolute atomic E-state index is 0.0715. The Hall–Kier alpha value is -1.82. The minimum atomic E-state index is -0.917. The van der Waals surface area contributed by atoms with Gasteiger partial charge in [-0.3, -0.25) is 9.59 Å². The van der Waals surface area contributed by atoms with Gasteiger partial charge < -0.3 is 11.1 Å². The summed E-state index contributed by atoms with van der Waals surface area (Å²) < 4.78 is 26.3. The van der Waals surface area contributed by atoms with Gasteiger partial charge in [0.05, 0.1) is 11.1 Å². The van der Waals surface area contributed by atoms with Crippen LogP contribution in [0.1, 0.15) is 44.0 Å². The molecule has 1 aromatic rings. The number of nitrogens with one attached hydrogen (secondary N) is 1.